The maximum absolute atomic E-state index is 13.0. The number of alkyl halides is 3. The number of nitrogens with zero attached hydrogens (tertiary/aromatic N) is 4. The summed E-state index contributed by atoms with van der Waals surface area (Å²) in [5, 5.41) is 24.3. The molecule has 0 aliphatic carbocycles. The average Bonchev–Trinajstić information content (AvgIpc) is 3.46. The highest BCUT2D eigenvalue weighted by molar-refractivity contribution is 7.07. The zero-order valence-corrected chi connectivity index (χ0v) is 22.3. The molecule has 0 atom stereocenters. The van der Waals surface area contributed by atoms with E-state index in [1.165, 1.54) is 10.8 Å². The maximum atomic E-state index is 13.0. The summed E-state index contributed by atoms with van der Waals surface area (Å²) >= 11 is 0.839. The molecule has 1 amide bonds. The molecule has 2 aromatic heterocycles. The van der Waals surface area contributed by atoms with Gasteiger partial charge in [-0.2, -0.15) is 18.4 Å². The van der Waals surface area contributed by atoms with E-state index in [2.05, 4.69) is 9.88 Å². The third kappa shape index (κ3) is 6.54. The Kier molecular flexibility index (Phi) is 8.65. The van der Waals surface area contributed by atoms with Gasteiger partial charge in [-0.25, -0.2) is 0 Å². The van der Waals surface area contributed by atoms with Crippen LogP contribution in [0.2, 0.25) is 0 Å². The molecule has 4 rings (SSSR count). The standard InChI is InChI=1S/C26H27F3N6O4S/c1-2-34-24(39)21(40-25(34)19(12-30)23(38)32-15-26(27,28)29)13-31-17-4-3-16-5-10-35(20(16)11-17)18-6-8-33(9-7-18)14-22(36)37/h3-5,10-11,13,18,31H,2,6-9,14-15H2,1H3,(H,32,38)(H,36,37)/b21-13-,25-19+. The number of anilines is 1. The Morgan fingerprint density at radius 3 is 2.60 bits per heavy atom. The fourth-order valence-corrected chi connectivity index (χ4v) is 5.80. The Morgan fingerprint density at radius 2 is 1.98 bits per heavy atom. The zero-order valence-electron chi connectivity index (χ0n) is 21.5. The van der Waals surface area contributed by atoms with Gasteiger partial charge in [-0.05, 0) is 43.4 Å². The average molecular weight is 577 g/mol. The third-order valence-corrected chi connectivity index (χ3v) is 7.76. The van der Waals surface area contributed by atoms with Gasteiger partial charge in [0.1, 0.15) is 21.8 Å². The number of fused-ring (bicyclic) bond motifs is 1. The molecular weight excluding hydrogens is 549 g/mol. The number of benzene rings is 1. The first-order valence-corrected chi connectivity index (χ1v) is 13.3. The van der Waals surface area contributed by atoms with Gasteiger partial charge in [0.25, 0.3) is 11.5 Å². The second-order valence-corrected chi connectivity index (χ2v) is 10.3. The van der Waals surface area contributed by atoms with Crippen molar-refractivity contribution in [1.82, 2.24) is 19.4 Å². The maximum Gasteiger partial charge on any atom is 0.405 e. The molecule has 1 saturated heterocycles. The lowest BCUT2D eigenvalue weighted by atomic mass is 10.0. The van der Waals surface area contributed by atoms with Crippen molar-refractivity contribution < 1.29 is 27.9 Å². The molecule has 10 nitrogen and oxygen atoms in total. The van der Waals surface area contributed by atoms with Gasteiger partial charge in [-0.15, -0.1) is 11.3 Å². The minimum atomic E-state index is -4.64. The fourth-order valence-electron chi connectivity index (χ4n) is 4.71. The predicted octanol–water partition coefficient (Wildman–Crippen LogP) is 1.81. The van der Waals surface area contributed by atoms with Crippen LogP contribution < -0.4 is 25.4 Å². The van der Waals surface area contributed by atoms with E-state index in [-0.39, 0.29) is 28.3 Å². The van der Waals surface area contributed by atoms with Crippen LogP contribution in [0.15, 0.2) is 35.3 Å². The highest BCUT2D eigenvalue weighted by Gasteiger charge is 2.29. The van der Waals surface area contributed by atoms with Crippen LogP contribution in [0.3, 0.4) is 0 Å². The van der Waals surface area contributed by atoms with E-state index in [0.29, 0.717) is 18.8 Å². The Labute approximate surface area is 230 Å². The number of aliphatic carboxylic acids is 1. The molecular formula is C26H27F3N6O4S. The van der Waals surface area contributed by atoms with Crippen LogP contribution in [-0.4, -0.2) is 63.4 Å². The van der Waals surface area contributed by atoms with Crippen LogP contribution in [0, 0.1) is 11.3 Å². The van der Waals surface area contributed by atoms with Crippen LogP contribution in [0.1, 0.15) is 25.8 Å². The number of carbonyl (C=O) groups is 2. The second kappa shape index (κ2) is 12.0. The summed E-state index contributed by atoms with van der Waals surface area (Å²) in [6, 6.07) is 9.54. The van der Waals surface area contributed by atoms with Crippen LogP contribution in [0.25, 0.3) is 22.7 Å². The normalized spacial score (nSPS) is 16.1. The van der Waals surface area contributed by atoms with Gasteiger partial charge in [-0.3, -0.25) is 23.9 Å². The molecule has 1 aliphatic rings. The number of nitrogens with one attached hydrogen (secondary N) is 2. The number of carboxylic acid groups (broad SMARTS) is 1. The van der Waals surface area contributed by atoms with Crippen molar-refractivity contribution in [1.29, 1.82) is 5.26 Å². The highest BCUT2D eigenvalue weighted by Crippen LogP contribution is 2.29. The predicted molar refractivity (Wildman–Crippen MR) is 144 cm³/mol. The number of hydrogen-bond acceptors (Lipinski definition) is 7. The quantitative estimate of drug-likeness (QED) is 0.373. The van der Waals surface area contributed by atoms with Crippen molar-refractivity contribution in [2.24, 2.45) is 0 Å². The largest absolute Gasteiger partial charge is 0.480 e. The van der Waals surface area contributed by atoms with Crippen molar-refractivity contribution in [3.05, 3.63) is 50.0 Å². The molecule has 0 unspecified atom stereocenters. The Morgan fingerprint density at radius 1 is 1.25 bits per heavy atom. The molecule has 1 fully saturated rings. The van der Waals surface area contributed by atoms with Gasteiger partial charge in [0, 0.05) is 43.8 Å². The number of likely N-dealkylation sites (tertiary alicyclic amines) is 1. The number of halogens is 3. The Bertz CT molecular complexity index is 1640. The molecule has 0 bridgehead atoms. The van der Waals surface area contributed by atoms with Gasteiger partial charge < -0.3 is 20.3 Å². The van der Waals surface area contributed by atoms with Crippen molar-refractivity contribution in [2.45, 2.75) is 38.5 Å². The molecule has 1 aromatic carbocycles. The van der Waals surface area contributed by atoms with Crippen molar-refractivity contribution in [3.63, 3.8) is 0 Å². The fraction of sp³-hybridized carbons (Fsp3) is 0.385. The number of rotatable bonds is 8. The summed E-state index contributed by atoms with van der Waals surface area (Å²) in [4.78, 5) is 38.1. The molecule has 212 valence electrons. The minimum Gasteiger partial charge on any atom is -0.480 e. The summed E-state index contributed by atoms with van der Waals surface area (Å²) in [5.74, 6) is -2.05. The van der Waals surface area contributed by atoms with Crippen molar-refractivity contribution >= 4 is 51.6 Å². The first-order chi connectivity index (χ1) is 19.0. The molecule has 3 N–H and O–H groups in total. The van der Waals surface area contributed by atoms with E-state index in [1.807, 2.05) is 35.4 Å². The van der Waals surface area contributed by atoms with Crippen molar-refractivity contribution in [2.75, 3.05) is 31.5 Å². The lowest BCUT2D eigenvalue weighted by Crippen LogP contribution is -2.37. The zero-order chi connectivity index (χ0) is 29.0. The van der Waals surface area contributed by atoms with Gasteiger partial charge in [0.2, 0.25) is 0 Å². The number of carbonyl (C=O) groups excluding carboxylic acids is 1. The summed E-state index contributed by atoms with van der Waals surface area (Å²) < 4.78 is 41.1. The number of thiazole rings is 1. The molecule has 40 heavy (non-hydrogen) atoms. The third-order valence-electron chi connectivity index (χ3n) is 6.63. The molecule has 0 spiro atoms. The first-order valence-electron chi connectivity index (χ1n) is 12.5. The first kappa shape index (κ1) is 28.9. The number of piperidine rings is 1. The summed E-state index contributed by atoms with van der Waals surface area (Å²) in [6.45, 7) is 1.54. The number of nitriles is 1. The van der Waals surface area contributed by atoms with Gasteiger partial charge in [-0.1, -0.05) is 6.07 Å². The molecule has 0 saturated carbocycles. The molecule has 3 heterocycles. The van der Waals surface area contributed by atoms with Crippen LogP contribution in [-0.2, 0) is 16.1 Å². The van der Waals surface area contributed by atoms with Gasteiger partial charge >= 0.3 is 12.1 Å². The molecule has 14 heteroatoms. The monoisotopic (exact) mass is 576 g/mol. The lowest BCUT2D eigenvalue weighted by Gasteiger charge is -2.32. The highest BCUT2D eigenvalue weighted by atomic mass is 32.1. The molecule has 0 radical (unpaired) electrons. The van der Waals surface area contributed by atoms with E-state index >= 15 is 0 Å². The second-order valence-electron chi connectivity index (χ2n) is 9.29. The number of hydrogen-bond donors (Lipinski definition) is 3. The number of amides is 1. The van der Waals surface area contributed by atoms with E-state index in [1.54, 1.807) is 18.3 Å². The van der Waals surface area contributed by atoms with E-state index < -0.39 is 35.7 Å². The topological polar surface area (TPSA) is 132 Å². The van der Waals surface area contributed by atoms with Gasteiger partial charge in [0.15, 0.2) is 5.57 Å². The minimum absolute atomic E-state index is 0.0266. The van der Waals surface area contributed by atoms with Gasteiger partial charge in [0.05, 0.1) is 12.1 Å². The lowest BCUT2D eigenvalue weighted by molar-refractivity contribution is -0.138. The summed E-state index contributed by atoms with van der Waals surface area (Å²) in [6.07, 6.45) is 0.430. The van der Waals surface area contributed by atoms with Crippen LogP contribution >= 0.6 is 11.3 Å². The Hall–Kier alpha value is -4.09. The molecule has 1 aliphatic heterocycles. The smallest absolute Gasteiger partial charge is 0.405 e. The van der Waals surface area contributed by atoms with Crippen molar-refractivity contribution in [3.8, 4) is 6.07 Å². The molecule has 3 aromatic rings. The number of carboxylic acids is 1. The Balaban J connectivity index is 1.60. The number of aromatic nitrogens is 2. The summed E-state index contributed by atoms with van der Waals surface area (Å²) in [5.41, 5.74) is 0.598. The van der Waals surface area contributed by atoms with Crippen LogP contribution in [0.5, 0.6) is 0 Å². The van der Waals surface area contributed by atoms with E-state index in [9.17, 15) is 32.8 Å². The van der Waals surface area contributed by atoms with E-state index in [4.69, 9.17) is 5.11 Å². The summed E-state index contributed by atoms with van der Waals surface area (Å²) in [7, 11) is 0. The van der Waals surface area contributed by atoms with E-state index in [0.717, 1.165) is 35.1 Å². The SMILES string of the molecule is CCn1c(=O)/c(=C/Nc2ccc3ccn(C4CCN(CC(=O)O)CC4)c3c2)s/c1=C(\C#N)C(=O)NCC(F)(F)F. The van der Waals surface area contributed by atoms with Crippen LogP contribution in [0.4, 0.5) is 18.9 Å².